The second kappa shape index (κ2) is 12.9. The van der Waals surface area contributed by atoms with Crippen molar-refractivity contribution in [2.45, 2.75) is 31.0 Å². The number of nitrogens with zero attached hydrogens (tertiary/aromatic N) is 1. The molecule has 1 aliphatic heterocycles. The highest BCUT2D eigenvalue weighted by molar-refractivity contribution is 7.60. The average molecular weight is 639 g/mol. The summed E-state index contributed by atoms with van der Waals surface area (Å²) in [5, 5.41) is 25.2. The first kappa shape index (κ1) is 31.2. The molecular weight excluding hydrogens is 606 g/mol. The molecule has 0 saturated carbocycles. The summed E-state index contributed by atoms with van der Waals surface area (Å²) in [6.07, 6.45) is -0.249. The second-order valence-corrected chi connectivity index (χ2v) is 12.9. The van der Waals surface area contributed by atoms with E-state index >= 15 is 0 Å². The molecule has 0 bridgehead atoms. The maximum atomic E-state index is 13.6. The Kier molecular flexibility index (Phi) is 8.75. The number of halogens is 1. The quantitative estimate of drug-likeness (QED) is 0.113. The van der Waals surface area contributed by atoms with Crippen molar-refractivity contribution in [2.24, 2.45) is 0 Å². The van der Waals surface area contributed by atoms with Gasteiger partial charge < -0.3 is 25.3 Å². The van der Waals surface area contributed by atoms with E-state index in [0.29, 0.717) is 34.4 Å². The number of urea groups is 1. The van der Waals surface area contributed by atoms with Crippen molar-refractivity contribution in [3.8, 4) is 28.0 Å². The zero-order valence-electron chi connectivity index (χ0n) is 24.6. The van der Waals surface area contributed by atoms with Crippen molar-refractivity contribution < 1.29 is 33.7 Å². The van der Waals surface area contributed by atoms with Gasteiger partial charge in [0.2, 0.25) is 0 Å². The predicted octanol–water partition coefficient (Wildman–Crippen LogP) is 6.82. The number of hydrogen-bond acceptors (Lipinski definition) is 4. The molecule has 5 aromatic rings. The lowest BCUT2D eigenvalue weighted by Crippen LogP contribution is -2.29. The summed E-state index contributed by atoms with van der Waals surface area (Å²) in [5.41, 5.74) is 4.96. The molecule has 2 amide bonds. The minimum Gasteiger partial charge on any atom is -0.508 e. The molecule has 234 valence electrons. The van der Waals surface area contributed by atoms with E-state index in [1.807, 2.05) is 54.6 Å². The van der Waals surface area contributed by atoms with Gasteiger partial charge in [0.25, 0.3) is 0 Å². The van der Waals surface area contributed by atoms with Gasteiger partial charge in [-0.25, -0.2) is 9.18 Å². The number of carbonyl (C=O) groups excluding carboxylic acids is 1. The van der Waals surface area contributed by atoms with Crippen LogP contribution in [0.25, 0.3) is 22.3 Å². The van der Waals surface area contributed by atoms with Crippen molar-refractivity contribution in [2.75, 3.05) is 4.90 Å². The molecule has 0 aromatic heterocycles. The van der Waals surface area contributed by atoms with E-state index in [1.165, 1.54) is 36.4 Å². The maximum absolute atomic E-state index is 13.6. The predicted molar refractivity (Wildman–Crippen MR) is 175 cm³/mol. The fourth-order valence-corrected chi connectivity index (χ4v) is 6.47. The zero-order chi connectivity index (χ0) is 32.4. The van der Waals surface area contributed by atoms with Crippen LogP contribution in [-0.4, -0.2) is 32.1 Å². The number of aliphatic hydroxyl groups is 1. The largest absolute Gasteiger partial charge is 0.508 e. The third kappa shape index (κ3) is 6.59. The Morgan fingerprint density at radius 2 is 1.37 bits per heavy atom. The summed E-state index contributed by atoms with van der Waals surface area (Å²) >= 11 is 0. The molecule has 5 N–H and O–H groups in total. The van der Waals surface area contributed by atoms with Crippen molar-refractivity contribution in [1.82, 2.24) is 5.32 Å². The molecule has 6 rings (SSSR count). The van der Waals surface area contributed by atoms with Crippen LogP contribution in [-0.2, 0) is 4.57 Å². The van der Waals surface area contributed by atoms with Crippen molar-refractivity contribution in [1.29, 1.82) is 0 Å². The van der Waals surface area contributed by atoms with E-state index < -0.39 is 31.6 Å². The summed E-state index contributed by atoms with van der Waals surface area (Å²) in [7, 11) is -4.40. The fourth-order valence-electron chi connectivity index (χ4n) is 5.93. The number of aromatic hydroxyl groups is 1. The monoisotopic (exact) mass is 638 g/mol. The lowest BCUT2D eigenvalue weighted by molar-refractivity contribution is 0.159. The van der Waals surface area contributed by atoms with Crippen LogP contribution < -0.4 is 15.5 Å². The number of carbonyl (C=O) groups is 1. The molecule has 1 unspecified atom stereocenters. The van der Waals surface area contributed by atoms with Gasteiger partial charge in [0.1, 0.15) is 11.6 Å². The molecule has 0 aliphatic carbocycles. The lowest BCUT2D eigenvalue weighted by atomic mass is 9.91. The van der Waals surface area contributed by atoms with Crippen LogP contribution in [0.5, 0.6) is 5.75 Å². The van der Waals surface area contributed by atoms with Crippen LogP contribution in [0.3, 0.4) is 0 Å². The van der Waals surface area contributed by atoms with Gasteiger partial charge >= 0.3 is 13.6 Å². The standard InChI is InChI=1S/C36H32FN2O6P/c37-28-13-6-26(7-14-28)33(40)21-20-32-35(31-19-12-27(22-34(31)41)25-10-17-30(18-11-25)46(43,44)45)39(36(42)38-32)29-15-8-24(9-16-29)23-4-2-1-3-5-23/h1-19,22,32-33,35,40-41H,20-21H2,(H,38,42)(H2,43,44,45)/t32-,33?,35-/m1/s1. The fraction of sp³-hybridized carbons (Fsp3) is 0.139. The first-order chi connectivity index (χ1) is 22.1. The van der Waals surface area contributed by atoms with Gasteiger partial charge in [-0.3, -0.25) is 9.46 Å². The van der Waals surface area contributed by atoms with Crippen LogP contribution in [0, 0.1) is 5.82 Å². The smallest absolute Gasteiger partial charge is 0.356 e. The van der Waals surface area contributed by atoms with Gasteiger partial charge in [0, 0.05) is 11.3 Å². The Morgan fingerprint density at radius 3 is 2.00 bits per heavy atom. The van der Waals surface area contributed by atoms with E-state index in [1.54, 1.807) is 35.2 Å². The number of nitrogens with one attached hydrogen (secondary N) is 1. The third-order valence-electron chi connectivity index (χ3n) is 8.33. The summed E-state index contributed by atoms with van der Waals surface area (Å²) in [6.45, 7) is 0. The Morgan fingerprint density at radius 1 is 0.783 bits per heavy atom. The summed E-state index contributed by atoms with van der Waals surface area (Å²) in [4.78, 5) is 34.1. The molecule has 10 heteroatoms. The minimum atomic E-state index is -4.40. The molecule has 1 aliphatic rings. The highest BCUT2D eigenvalue weighted by atomic mass is 31.2. The number of hydrogen-bond donors (Lipinski definition) is 5. The average Bonchev–Trinajstić information content (AvgIpc) is 3.39. The maximum Gasteiger partial charge on any atom is 0.356 e. The highest BCUT2D eigenvalue weighted by Crippen LogP contribution is 2.42. The molecule has 1 fully saturated rings. The third-order valence-corrected chi connectivity index (χ3v) is 9.30. The Labute approximate surface area is 265 Å². The molecular formula is C36H32FN2O6P. The number of phenolic OH excluding ortho intramolecular Hbond substituents is 1. The lowest BCUT2D eigenvalue weighted by Gasteiger charge is -2.28. The summed E-state index contributed by atoms with van der Waals surface area (Å²) in [6, 6.07) is 32.5. The van der Waals surface area contributed by atoms with Crippen molar-refractivity contribution in [3.05, 3.63) is 138 Å². The van der Waals surface area contributed by atoms with Gasteiger partial charge in [-0.1, -0.05) is 78.9 Å². The first-order valence-corrected chi connectivity index (χ1v) is 16.4. The van der Waals surface area contributed by atoms with Gasteiger partial charge in [-0.2, -0.15) is 0 Å². The molecule has 1 heterocycles. The van der Waals surface area contributed by atoms with Crippen LogP contribution in [0.4, 0.5) is 14.9 Å². The number of phenols is 1. The Balaban J connectivity index is 1.32. The number of rotatable bonds is 9. The van der Waals surface area contributed by atoms with E-state index in [4.69, 9.17) is 0 Å². The van der Waals surface area contributed by atoms with E-state index in [9.17, 15) is 33.7 Å². The van der Waals surface area contributed by atoms with Crippen LogP contribution in [0.15, 0.2) is 121 Å². The molecule has 0 spiro atoms. The summed E-state index contributed by atoms with van der Waals surface area (Å²) in [5.74, 6) is -0.460. The molecule has 0 radical (unpaired) electrons. The van der Waals surface area contributed by atoms with Crippen LogP contribution in [0.2, 0.25) is 0 Å². The molecule has 46 heavy (non-hydrogen) atoms. The van der Waals surface area contributed by atoms with Gasteiger partial charge in [-0.05, 0) is 83.1 Å². The van der Waals surface area contributed by atoms with E-state index in [0.717, 1.165) is 11.1 Å². The Hall–Kier alpha value is -4.79. The number of anilines is 1. The topological polar surface area (TPSA) is 130 Å². The van der Waals surface area contributed by atoms with Crippen molar-refractivity contribution in [3.63, 3.8) is 0 Å². The normalized spacial score (nSPS) is 17.1. The number of aliphatic hydroxyl groups excluding tert-OH is 1. The van der Waals surface area contributed by atoms with E-state index in [2.05, 4.69) is 5.32 Å². The summed E-state index contributed by atoms with van der Waals surface area (Å²) < 4.78 is 25.0. The molecule has 1 saturated heterocycles. The van der Waals surface area contributed by atoms with Gasteiger partial charge in [-0.15, -0.1) is 0 Å². The molecule has 3 atom stereocenters. The van der Waals surface area contributed by atoms with Crippen LogP contribution >= 0.6 is 7.60 Å². The highest BCUT2D eigenvalue weighted by Gasteiger charge is 2.42. The number of benzene rings is 5. The number of amides is 2. The Bertz CT molecular complexity index is 1880. The zero-order valence-corrected chi connectivity index (χ0v) is 25.5. The molecule has 5 aromatic carbocycles. The minimum absolute atomic E-state index is 0.0620. The first-order valence-electron chi connectivity index (χ1n) is 14.8. The second-order valence-electron chi connectivity index (χ2n) is 11.3. The SMILES string of the molecule is O=C1N[C@H](CCC(O)c2ccc(F)cc2)[C@@H](c2ccc(-c3ccc(P(=O)(O)O)cc3)cc2O)N1c1ccc(-c2ccccc2)cc1. The van der Waals surface area contributed by atoms with Gasteiger partial charge in [0.15, 0.2) is 0 Å². The molecule has 8 nitrogen and oxygen atoms in total. The van der Waals surface area contributed by atoms with Gasteiger partial charge in [0.05, 0.1) is 23.5 Å². The van der Waals surface area contributed by atoms with E-state index in [-0.39, 0.29) is 23.5 Å². The van der Waals surface area contributed by atoms with Crippen molar-refractivity contribution >= 4 is 24.6 Å². The van der Waals surface area contributed by atoms with Crippen LogP contribution in [0.1, 0.15) is 36.1 Å².